The van der Waals surface area contributed by atoms with Crippen LogP contribution in [0.25, 0.3) is 10.9 Å². The number of hydrogen-bond donors (Lipinski definition) is 2. The van der Waals surface area contributed by atoms with Gasteiger partial charge in [-0.3, -0.25) is 4.79 Å². The Bertz CT molecular complexity index is 842. The molecule has 4 heteroatoms. The number of methoxy groups -OCH3 is 1. The van der Waals surface area contributed by atoms with Crippen LogP contribution in [0.5, 0.6) is 0 Å². The third-order valence-corrected chi connectivity index (χ3v) is 7.27. The summed E-state index contributed by atoms with van der Waals surface area (Å²) in [6.07, 6.45) is 4.43. The summed E-state index contributed by atoms with van der Waals surface area (Å²) in [6, 6.07) is 8.86. The largest absolute Gasteiger partial charge is 0.468 e. The molecule has 2 saturated heterocycles. The van der Waals surface area contributed by atoms with Gasteiger partial charge in [0.25, 0.3) is 0 Å². The summed E-state index contributed by atoms with van der Waals surface area (Å²) in [6.45, 7) is 4.64. The predicted octanol–water partition coefficient (Wildman–Crippen LogP) is 1.84. The molecule has 5 atom stereocenters. The van der Waals surface area contributed by atoms with Crippen LogP contribution in [0.3, 0.4) is 0 Å². The molecule has 3 fully saturated rings. The monoisotopic (exact) mass is 339 g/mol. The van der Waals surface area contributed by atoms with Gasteiger partial charge in [-0.15, -0.1) is 0 Å². The topological polar surface area (TPSA) is 46.5 Å². The Morgan fingerprint density at radius 1 is 1.40 bits per heavy atom. The predicted molar refractivity (Wildman–Crippen MR) is 96.7 cm³/mol. The second-order valence-corrected chi connectivity index (χ2v) is 8.30. The number of benzene rings is 1. The maximum Gasteiger partial charge on any atom is 0.324 e. The van der Waals surface area contributed by atoms with E-state index in [2.05, 4.69) is 36.2 Å². The number of piperidine rings is 2. The van der Waals surface area contributed by atoms with Gasteiger partial charge in [0.1, 0.15) is 6.04 Å². The Labute approximate surface area is 148 Å². The summed E-state index contributed by atoms with van der Waals surface area (Å²) in [5, 5.41) is 1.29. The maximum atomic E-state index is 13.3. The van der Waals surface area contributed by atoms with Crippen LogP contribution < -0.4 is 4.90 Å². The van der Waals surface area contributed by atoms with Crippen molar-refractivity contribution in [1.82, 2.24) is 4.98 Å². The van der Waals surface area contributed by atoms with E-state index in [0.29, 0.717) is 17.9 Å². The number of H-pyrrole nitrogens is 1. The smallest absolute Gasteiger partial charge is 0.324 e. The third kappa shape index (κ3) is 1.89. The van der Waals surface area contributed by atoms with Gasteiger partial charge in [0.2, 0.25) is 0 Å². The van der Waals surface area contributed by atoms with Crippen LogP contribution in [0.4, 0.5) is 0 Å². The second-order valence-electron chi connectivity index (χ2n) is 8.30. The number of aromatic nitrogens is 1. The molecule has 1 unspecified atom stereocenters. The van der Waals surface area contributed by atoms with E-state index in [-0.39, 0.29) is 5.97 Å². The van der Waals surface area contributed by atoms with Crippen LogP contribution >= 0.6 is 0 Å². The molecule has 1 aliphatic carbocycles. The average Bonchev–Trinajstić information content (AvgIpc) is 3.00. The highest BCUT2D eigenvalue weighted by molar-refractivity contribution is 5.91. The summed E-state index contributed by atoms with van der Waals surface area (Å²) >= 11 is 0. The molecule has 2 aromatic rings. The van der Waals surface area contributed by atoms with Crippen LogP contribution in [0.2, 0.25) is 0 Å². The molecule has 4 aliphatic rings. The molecule has 0 radical (unpaired) electrons. The van der Waals surface area contributed by atoms with Gasteiger partial charge in [0, 0.05) is 34.9 Å². The zero-order chi connectivity index (χ0) is 17.2. The van der Waals surface area contributed by atoms with E-state index in [1.807, 2.05) is 0 Å². The molecular formula is C21H27N2O2+. The van der Waals surface area contributed by atoms with E-state index in [1.165, 1.54) is 29.6 Å². The minimum absolute atomic E-state index is 0.0208. The number of nitrogens with one attached hydrogen (secondary N) is 2. The standard InChI is InChI=1S/C21H26N2O2/c1-3-14-10-13-11-21(20(24)25-2)18-16(8-9-23(12-13)19(14)21)15-6-4-5-7-17(15)22-18/h4-7,13-14,19,22H,3,8-12H2,1-2H3/p+1/t13-,14+,19+,21-/m1/s1. The Morgan fingerprint density at radius 2 is 2.24 bits per heavy atom. The van der Waals surface area contributed by atoms with Gasteiger partial charge in [-0.05, 0) is 30.9 Å². The van der Waals surface area contributed by atoms with Gasteiger partial charge >= 0.3 is 5.97 Å². The summed E-state index contributed by atoms with van der Waals surface area (Å²) in [5.74, 6) is 1.22. The zero-order valence-electron chi connectivity index (χ0n) is 15.1. The normalized spacial score (nSPS) is 36.1. The molecule has 4 heterocycles. The first-order valence-corrected chi connectivity index (χ1v) is 9.72. The van der Waals surface area contributed by atoms with Crippen molar-refractivity contribution in [2.24, 2.45) is 11.8 Å². The van der Waals surface area contributed by atoms with Gasteiger partial charge in [0.15, 0.2) is 5.41 Å². The number of hydrogen-bond acceptors (Lipinski definition) is 2. The van der Waals surface area contributed by atoms with Crippen molar-refractivity contribution >= 4 is 16.9 Å². The number of esters is 1. The lowest BCUT2D eigenvalue weighted by Gasteiger charge is -2.54. The fourth-order valence-corrected chi connectivity index (χ4v) is 6.51. The number of aromatic amines is 1. The number of para-hydroxylation sites is 1. The first-order valence-electron chi connectivity index (χ1n) is 9.72. The molecule has 2 N–H and O–H groups in total. The number of quaternary nitrogens is 1. The fraction of sp³-hybridized carbons (Fsp3) is 0.571. The van der Waals surface area contributed by atoms with Gasteiger partial charge in [-0.2, -0.15) is 0 Å². The summed E-state index contributed by atoms with van der Waals surface area (Å²) in [7, 11) is 1.56. The van der Waals surface area contributed by atoms with Crippen molar-refractivity contribution in [2.75, 3.05) is 20.2 Å². The lowest BCUT2D eigenvalue weighted by molar-refractivity contribution is -0.948. The molecule has 1 aromatic heterocycles. The highest BCUT2D eigenvalue weighted by Crippen LogP contribution is 2.50. The molecule has 25 heavy (non-hydrogen) atoms. The fourth-order valence-electron chi connectivity index (χ4n) is 6.51. The van der Waals surface area contributed by atoms with E-state index in [0.717, 1.165) is 31.3 Å². The second kappa shape index (κ2) is 5.34. The minimum atomic E-state index is -0.489. The van der Waals surface area contributed by atoms with E-state index >= 15 is 0 Å². The van der Waals surface area contributed by atoms with Crippen molar-refractivity contribution in [3.8, 4) is 0 Å². The van der Waals surface area contributed by atoms with Crippen molar-refractivity contribution in [3.05, 3.63) is 35.5 Å². The molecule has 1 saturated carbocycles. The molecule has 0 spiro atoms. The molecule has 3 aliphatic heterocycles. The molecule has 1 aromatic carbocycles. The third-order valence-electron chi connectivity index (χ3n) is 7.27. The zero-order valence-corrected chi connectivity index (χ0v) is 15.1. The lowest BCUT2D eigenvalue weighted by Crippen LogP contribution is -3.21. The average molecular weight is 339 g/mol. The first-order chi connectivity index (χ1) is 12.2. The Balaban J connectivity index is 1.81. The molecule has 4 bridgehead atoms. The number of ether oxygens (including phenoxy) is 1. The Hall–Kier alpha value is -1.81. The first kappa shape index (κ1) is 15.4. The molecule has 132 valence electrons. The number of carbonyl (C=O) groups is 1. The highest BCUT2D eigenvalue weighted by atomic mass is 16.5. The van der Waals surface area contributed by atoms with Crippen LogP contribution in [0, 0.1) is 11.8 Å². The summed E-state index contributed by atoms with van der Waals surface area (Å²) < 4.78 is 5.45. The Morgan fingerprint density at radius 3 is 3.04 bits per heavy atom. The van der Waals surface area contributed by atoms with Gasteiger partial charge in [-0.25, -0.2) is 0 Å². The van der Waals surface area contributed by atoms with Crippen LogP contribution in [0.15, 0.2) is 24.3 Å². The number of rotatable bonds is 2. The van der Waals surface area contributed by atoms with E-state index < -0.39 is 5.41 Å². The van der Waals surface area contributed by atoms with Gasteiger partial charge < -0.3 is 14.6 Å². The summed E-state index contributed by atoms with van der Waals surface area (Å²) in [4.78, 5) is 18.6. The number of fused-ring (bicyclic) bond motifs is 4. The molecular weight excluding hydrogens is 312 g/mol. The SMILES string of the molecule is CC[C@H]1C[C@H]2C[NH+]3CCc4c([nH]c5ccccc45)[C@](C(=O)OC)(C2)[C@H]13. The van der Waals surface area contributed by atoms with Crippen molar-refractivity contribution < 1.29 is 14.4 Å². The maximum absolute atomic E-state index is 13.3. The minimum Gasteiger partial charge on any atom is -0.468 e. The van der Waals surface area contributed by atoms with Crippen molar-refractivity contribution in [1.29, 1.82) is 0 Å². The summed E-state index contributed by atoms with van der Waals surface area (Å²) in [5.41, 5.74) is 3.20. The van der Waals surface area contributed by atoms with Crippen molar-refractivity contribution in [2.45, 2.75) is 44.1 Å². The van der Waals surface area contributed by atoms with Crippen LogP contribution in [-0.4, -0.2) is 37.2 Å². The van der Waals surface area contributed by atoms with E-state index in [1.54, 1.807) is 12.0 Å². The van der Waals surface area contributed by atoms with Crippen molar-refractivity contribution in [3.63, 3.8) is 0 Å². The van der Waals surface area contributed by atoms with E-state index in [4.69, 9.17) is 4.74 Å². The molecule has 6 rings (SSSR count). The number of carbonyl (C=O) groups excluding carboxylic acids is 1. The van der Waals surface area contributed by atoms with Gasteiger partial charge in [-0.1, -0.05) is 25.1 Å². The molecule has 0 amide bonds. The van der Waals surface area contributed by atoms with Crippen LogP contribution in [-0.2, 0) is 21.4 Å². The Kier molecular flexibility index (Phi) is 3.30. The van der Waals surface area contributed by atoms with E-state index in [9.17, 15) is 4.79 Å². The lowest BCUT2D eigenvalue weighted by atomic mass is 9.56. The quantitative estimate of drug-likeness (QED) is 0.820. The molecule has 4 nitrogen and oxygen atoms in total. The van der Waals surface area contributed by atoms with Gasteiger partial charge in [0.05, 0.1) is 20.2 Å². The highest BCUT2D eigenvalue weighted by Gasteiger charge is 2.65. The van der Waals surface area contributed by atoms with Crippen LogP contribution in [0.1, 0.15) is 37.4 Å².